The lowest BCUT2D eigenvalue weighted by atomic mass is 10.2. The van der Waals surface area contributed by atoms with Crippen LogP contribution in [0.15, 0.2) is 18.2 Å². The first-order valence-electron chi connectivity index (χ1n) is 6.36. The summed E-state index contributed by atoms with van der Waals surface area (Å²) in [6.45, 7) is 0.225. The number of nitrogens with one attached hydrogen (secondary N) is 1. The van der Waals surface area contributed by atoms with Crippen molar-refractivity contribution < 1.29 is 23.8 Å². The van der Waals surface area contributed by atoms with Gasteiger partial charge in [0.15, 0.2) is 11.5 Å². The zero-order valence-electron chi connectivity index (χ0n) is 12.3. The van der Waals surface area contributed by atoms with E-state index in [-0.39, 0.29) is 26.4 Å². The average molecular weight is 303 g/mol. The van der Waals surface area contributed by atoms with Gasteiger partial charge in [-0.1, -0.05) is 17.9 Å². The van der Waals surface area contributed by atoms with E-state index in [0.29, 0.717) is 11.5 Å². The Morgan fingerprint density at radius 2 is 2.00 bits per heavy atom. The van der Waals surface area contributed by atoms with Gasteiger partial charge in [-0.25, -0.2) is 5.48 Å². The maximum absolute atomic E-state index is 11.3. The Bertz CT molecular complexity index is 571. The summed E-state index contributed by atoms with van der Waals surface area (Å²) in [5, 5.41) is 0. The molecule has 0 atom stereocenters. The molecule has 0 aliphatic carbocycles. The number of methoxy groups -OCH3 is 1. The minimum absolute atomic E-state index is 0.0732. The molecule has 0 saturated heterocycles. The predicted octanol–water partition coefficient (Wildman–Crippen LogP) is 0.905. The molecule has 6 heteroatoms. The number of amides is 1. The number of hydrogen-bond acceptors (Lipinski definition) is 5. The maximum Gasteiger partial charge on any atom is 0.269 e. The minimum Gasteiger partial charge on any atom is -0.493 e. The van der Waals surface area contributed by atoms with Gasteiger partial charge in [0.1, 0.15) is 19.8 Å². The zero-order valence-corrected chi connectivity index (χ0v) is 12.3. The first-order valence-corrected chi connectivity index (χ1v) is 6.36. The van der Waals surface area contributed by atoms with Crippen molar-refractivity contribution >= 4 is 5.91 Å². The molecule has 1 rings (SSSR count). The van der Waals surface area contributed by atoms with E-state index in [2.05, 4.69) is 17.3 Å². The van der Waals surface area contributed by atoms with Crippen LogP contribution in [0.25, 0.3) is 0 Å². The summed E-state index contributed by atoms with van der Waals surface area (Å²) in [4.78, 5) is 16.4. The van der Waals surface area contributed by atoms with Gasteiger partial charge in [0.25, 0.3) is 5.91 Å². The Labute approximate surface area is 129 Å². The van der Waals surface area contributed by atoms with Crippen LogP contribution in [0.2, 0.25) is 0 Å². The topological polar surface area (TPSA) is 66.0 Å². The lowest BCUT2D eigenvalue weighted by Gasteiger charge is -2.11. The Balaban J connectivity index is 2.45. The highest BCUT2D eigenvalue weighted by Crippen LogP contribution is 2.28. The lowest BCUT2D eigenvalue weighted by Crippen LogP contribution is -2.27. The van der Waals surface area contributed by atoms with E-state index in [9.17, 15) is 4.79 Å². The van der Waals surface area contributed by atoms with Gasteiger partial charge in [-0.3, -0.25) is 9.63 Å². The van der Waals surface area contributed by atoms with Crippen LogP contribution in [0.5, 0.6) is 11.5 Å². The SMILES string of the molecule is C#CCOCC(=O)NOCc1ccc(OCC#C)c(OC)c1. The molecule has 0 spiro atoms. The molecule has 0 radical (unpaired) electrons. The summed E-state index contributed by atoms with van der Waals surface area (Å²) in [5.74, 6) is 5.28. The second-order valence-corrected chi connectivity index (χ2v) is 3.99. The van der Waals surface area contributed by atoms with Crippen LogP contribution in [0.3, 0.4) is 0 Å². The fourth-order valence-corrected chi connectivity index (χ4v) is 1.47. The van der Waals surface area contributed by atoms with Gasteiger partial charge in [0.05, 0.1) is 13.7 Å². The molecule has 1 aromatic carbocycles. The van der Waals surface area contributed by atoms with Gasteiger partial charge in [-0.15, -0.1) is 12.8 Å². The third kappa shape index (κ3) is 6.19. The van der Waals surface area contributed by atoms with E-state index in [0.717, 1.165) is 5.56 Å². The number of rotatable bonds is 9. The van der Waals surface area contributed by atoms with Gasteiger partial charge in [-0.2, -0.15) is 0 Å². The number of hydrogen-bond donors (Lipinski definition) is 1. The number of terminal acetylenes is 2. The van der Waals surface area contributed by atoms with E-state index in [4.69, 9.17) is 31.9 Å². The molecule has 0 aliphatic rings. The first kappa shape index (κ1) is 17.4. The average Bonchev–Trinajstić information content (AvgIpc) is 2.53. The molecule has 1 N–H and O–H groups in total. The molecule has 1 aromatic rings. The van der Waals surface area contributed by atoms with Crippen molar-refractivity contribution in [3.63, 3.8) is 0 Å². The van der Waals surface area contributed by atoms with Gasteiger partial charge in [0, 0.05) is 0 Å². The number of ether oxygens (including phenoxy) is 3. The predicted molar refractivity (Wildman–Crippen MR) is 79.9 cm³/mol. The molecule has 0 fully saturated rings. The number of carbonyl (C=O) groups is 1. The number of benzene rings is 1. The Morgan fingerprint density at radius 3 is 2.68 bits per heavy atom. The first-order chi connectivity index (χ1) is 10.7. The Kier molecular flexibility index (Phi) is 7.99. The van der Waals surface area contributed by atoms with Crippen molar-refractivity contribution in [1.29, 1.82) is 0 Å². The molecule has 0 unspecified atom stereocenters. The van der Waals surface area contributed by atoms with Crippen LogP contribution >= 0.6 is 0 Å². The molecule has 6 nitrogen and oxygen atoms in total. The number of carbonyl (C=O) groups excluding carboxylic acids is 1. The van der Waals surface area contributed by atoms with Crippen molar-refractivity contribution in [3.05, 3.63) is 23.8 Å². The summed E-state index contributed by atoms with van der Waals surface area (Å²) in [7, 11) is 1.52. The highest BCUT2D eigenvalue weighted by molar-refractivity contribution is 5.76. The van der Waals surface area contributed by atoms with Crippen molar-refractivity contribution in [3.8, 4) is 36.2 Å². The summed E-state index contributed by atoms with van der Waals surface area (Å²) in [6, 6.07) is 5.22. The maximum atomic E-state index is 11.3. The van der Waals surface area contributed by atoms with Crippen molar-refractivity contribution in [1.82, 2.24) is 5.48 Å². The second-order valence-electron chi connectivity index (χ2n) is 3.99. The molecular formula is C16H17NO5. The van der Waals surface area contributed by atoms with E-state index in [1.54, 1.807) is 18.2 Å². The van der Waals surface area contributed by atoms with Crippen LogP contribution in [0.4, 0.5) is 0 Å². The van der Waals surface area contributed by atoms with Crippen LogP contribution in [-0.2, 0) is 21.0 Å². The van der Waals surface area contributed by atoms with Crippen molar-refractivity contribution in [2.45, 2.75) is 6.61 Å². The molecule has 0 aromatic heterocycles. The smallest absolute Gasteiger partial charge is 0.269 e. The molecule has 116 valence electrons. The largest absolute Gasteiger partial charge is 0.493 e. The summed E-state index contributed by atoms with van der Waals surface area (Å²) < 4.78 is 15.4. The normalized spacial score (nSPS) is 9.41. The third-order valence-corrected chi connectivity index (χ3v) is 2.38. The van der Waals surface area contributed by atoms with Gasteiger partial charge in [0.2, 0.25) is 0 Å². The van der Waals surface area contributed by atoms with E-state index >= 15 is 0 Å². The van der Waals surface area contributed by atoms with Crippen LogP contribution < -0.4 is 15.0 Å². The quantitative estimate of drug-likeness (QED) is 0.417. The molecule has 1 amide bonds. The molecule has 22 heavy (non-hydrogen) atoms. The monoisotopic (exact) mass is 303 g/mol. The van der Waals surface area contributed by atoms with Gasteiger partial charge < -0.3 is 14.2 Å². The molecule has 0 saturated carbocycles. The highest BCUT2D eigenvalue weighted by atomic mass is 16.7. The molecular weight excluding hydrogens is 286 g/mol. The Morgan fingerprint density at radius 1 is 1.23 bits per heavy atom. The molecule has 0 aliphatic heterocycles. The van der Waals surface area contributed by atoms with E-state index < -0.39 is 5.91 Å². The fourth-order valence-electron chi connectivity index (χ4n) is 1.47. The second kappa shape index (κ2) is 10.1. The van der Waals surface area contributed by atoms with Crippen LogP contribution in [0, 0.1) is 24.7 Å². The summed E-state index contributed by atoms with van der Waals surface area (Å²) >= 11 is 0. The molecule has 0 heterocycles. The van der Waals surface area contributed by atoms with Crippen LogP contribution in [0.1, 0.15) is 5.56 Å². The van der Waals surface area contributed by atoms with E-state index in [1.165, 1.54) is 7.11 Å². The van der Waals surface area contributed by atoms with Crippen molar-refractivity contribution in [2.75, 3.05) is 26.9 Å². The summed E-state index contributed by atoms with van der Waals surface area (Å²) in [5.41, 5.74) is 3.03. The highest BCUT2D eigenvalue weighted by Gasteiger charge is 2.06. The minimum atomic E-state index is -0.420. The zero-order chi connectivity index (χ0) is 16.2. The Hall–Kier alpha value is -2.67. The lowest BCUT2D eigenvalue weighted by molar-refractivity contribution is -0.138. The van der Waals surface area contributed by atoms with E-state index in [1.807, 2.05) is 0 Å². The number of hydroxylamine groups is 1. The fraction of sp³-hybridized carbons (Fsp3) is 0.312. The van der Waals surface area contributed by atoms with Crippen LogP contribution in [-0.4, -0.2) is 32.8 Å². The van der Waals surface area contributed by atoms with Gasteiger partial charge in [-0.05, 0) is 17.7 Å². The van der Waals surface area contributed by atoms with Crippen molar-refractivity contribution in [2.24, 2.45) is 0 Å². The summed E-state index contributed by atoms with van der Waals surface area (Å²) in [6.07, 6.45) is 10.1. The molecule has 0 bridgehead atoms. The third-order valence-electron chi connectivity index (χ3n) is 2.38. The standard InChI is InChI=1S/C16H17NO5/c1-4-8-20-12-16(18)17-22-11-13-6-7-14(21-9-5-2)15(10-13)19-3/h1-2,6-7,10H,8-9,11-12H2,3H3,(H,17,18). The van der Waals surface area contributed by atoms with Gasteiger partial charge >= 0.3 is 0 Å².